The highest BCUT2D eigenvalue weighted by Crippen LogP contribution is 2.07. The first-order valence-electron chi connectivity index (χ1n) is 6.73. The fraction of sp³-hybridized carbons (Fsp3) is 0.400. The van der Waals surface area contributed by atoms with E-state index in [0.29, 0.717) is 24.2 Å². The molecule has 1 aromatic carbocycles. The predicted octanol–water partition coefficient (Wildman–Crippen LogP) is 1.92. The van der Waals surface area contributed by atoms with E-state index in [1.807, 2.05) is 18.2 Å². The average Bonchev–Trinajstić information content (AvgIpc) is 2.83. The van der Waals surface area contributed by atoms with Crippen LogP contribution in [0, 0.1) is 12.8 Å². The van der Waals surface area contributed by atoms with Gasteiger partial charge < -0.3 is 9.84 Å². The molecule has 0 fully saturated rings. The van der Waals surface area contributed by atoms with Gasteiger partial charge in [0.2, 0.25) is 11.8 Å². The number of benzene rings is 1. The van der Waals surface area contributed by atoms with Crippen molar-refractivity contribution in [3.05, 3.63) is 47.6 Å². The van der Waals surface area contributed by atoms with E-state index in [1.165, 1.54) is 5.56 Å². The van der Waals surface area contributed by atoms with E-state index in [-0.39, 0.29) is 12.3 Å². The average molecular weight is 273 g/mol. The zero-order chi connectivity index (χ0) is 14.4. The Labute approximate surface area is 118 Å². The van der Waals surface area contributed by atoms with Crippen molar-refractivity contribution < 1.29 is 9.32 Å². The van der Waals surface area contributed by atoms with Gasteiger partial charge in [0.25, 0.3) is 0 Å². The molecule has 2 rings (SSSR count). The second-order valence-electron chi connectivity index (χ2n) is 5.01. The summed E-state index contributed by atoms with van der Waals surface area (Å²) < 4.78 is 4.83. The minimum atomic E-state index is -0.0780. The Balaban J connectivity index is 1.73. The number of carbonyl (C=O) groups excluding carboxylic acids is 1. The van der Waals surface area contributed by atoms with Crippen LogP contribution in [0.4, 0.5) is 0 Å². The summed E-state index contributed by atoms with van der Waals surface area (Å²) in [5.74, 6) is 1.21. The van der Waals surface area contributed by atoms with E-state index in [1.54, 1.807) is 6.92 Å². The lowest BCUT2D eigenvalue weighted by Gasteiger charge is -2.12. The Morgan fingerprint density at radius 3 is 2.75 bits per heavy atom. The summed E-state index contributed by atoms with van der Waals surface area (Å²) in [5.41, 5.74) is 1.28. The first-order valence-corrected chi connectivity index (χ1v) is 6.73. The molecular formula is C15H19N3O2. The van der Waals surface area contributed by atoms with Crippen molar-refractivity contribution in [3.63, 3.8) is 0 Å². The summed E-state index contributed by atoms with van der Waals surface area (Å²) in [6.45, 7) is 4.46. The number of hydrogen-bond acceptors (Lipinski definition) is 4. The SMILES string of the molecule is Cc1nc(CC(=O)NCC(C)Cc2ccccc2)no1. The molecule has 1 atom stereocenters. The van der Waals surface area contributed by atoms with E-state index in [9.17, 15) is 4.79 Å². The number of nitrogens with zero attached hydrogens (tertiary/aromatic N) is 2. The number of amides is 1. The van der Waals surface area contributed by atoms with Crippen LogP contribution in [0.25, 0.3) is 0 Å². The van der Waals surface area contributed by atoms with Gasteiger partial charge in [-0.2, -0.15) is 4.98 Å². The molecule has 1 amide bonds. The molecule has 5 heteroatoms. The number of hydrogen-bond donors (Lipinski definition) is 1. The lowest BCUT2D eigenvalue weighted by molar-refractivity contribution is -0.120. The molecule has 0 saturated heterocycles. The van der Waals surface area contributed by atoms with Crippen molar-refractivity contribution in [1.29, 1.82) is 0 Å². The number of nitrogens with one attached hydrogen (secondary N) is 1. The highest BCUT2D eigenvalue weighted by atomic mass is 16.5. The standard InChI is InChI=1S/C15H19N3O2/c1-11(8-13-6-4-3-5-7-13)10-16-15(19)9-14-17-12(2)20-18-14/h3-7,11H,8-10H2,1-2H3,(H,16,19). The first kappa shape index (κ1) is 14.2. The third-order valence-electron chi connectivity index (χ3n) is 2.96. The minimum Gasteiger partial charge on any atom is -0.355 e. The van der Waals surface area contributed by atoms with Gasteiger partial charge in [-0.3, -0.25) is 4.79 Å². The van der Waals surface area contributed by atoms with E-state index >= 15 is 0 Å². The number of rotatable bonds is 6. The maximum Gasteiger partial charge on any atom is 0.227 e. The van der Waals surface area contributed by atoms with Crippen molar-refractivity contribution in [2.75, 3.05) is 6.54 Å². The molecule has 1 heterocycles. The fourth-order valence-electron chi connectivity index (χ4n) is 2.00. The molecule has 1 unspecified atom stereocenters. The Morgan fingerprint density at radius 2 is 2.10 bits per heavy atom. The van der Waals surface area contributed by atoms with Gasteiger partial charge in [-0.05, 0) is 17.9 Å². The van der Waals surface area contributed by atoms with E-state index < -0.39 is 0 Å². The van der Waals surface area contributed by atoms with E-state index in [0.717, 1.165) is 6.42 Å². The normalized spacial score (nSPS) is 12.1. The van der Waals surface area contributed by atoms with Crippen LogP contribution >= 0.6 is 0 Å². The van der Waals surface area contributed by atoms with Gasteiger partial charge in [0.1, 0.15) is 0 Å². The summed E-state index contributed by atoms with van der Waals surface area (Å²) in [5, 5.41) is 6.60. The minimum absolute atomic E-state index is 0.0780. The van der Waals surface area contributed by atoms with Gasteiger partial charge in [0.05, 0.1) is 6.42 Å². The molecule has 0 spiro atoms. The molecule has 1 N–H and O–H groups in total. The van der Waals surface area contributed by atoms with Crippen LogP contribution in [-0.2, 0) is 17.6 Å². The van der Waals surface area contributed by atoms with Crippen molar-refractivity contribution in [2.45, 2.75) is 26.7 Å². The lowest BCUT2D eigenvalue weighted by Crippen LogP contribution is -2.30. The molecule has 0 aliphatic heterocycles. The lowest BCUT2D eigenvalue weighted by atomic mass is 10.0. The summed E-state index contributed by atoms with van der Waals surface area (Å²) in [4.78, 5) is 15.8. The largest absolute Gasteiger partial charge is 0.355 e. The Kier molecular flexibility index (Phi) is 4.87. The molecule has 0 bridgehead atoms. The van der Waals surface area contributed by atoms with Crippen molar-refractivity contribution in [2.24, 2.45) is 5.92 Å². The van der Waals surface area contributed by atoms with Crippen LogP contribution in [0.5, 0.6) is 0 Å². The molecule has 20 heavy (non-hydrogen) atoms. The van der Waals surface area contributed by atoms with Gasteiger partial charge in [-0.1, -0.05) is 42.4 Å². The van der Waals surface area contributed by atoms with Gasteiger partial charge in [0.15, 0.2) is 5.82 Å². The Hall–Kier alpha value is -2.17. The molecule has 106 valence electrons. The van der Waals surface area contributed by atoms with Crippen molar-refractivity contribution in [1.82, 2.24) is 15.5 Å². The van der Waals surface area contributed by atoms with Crippen LogP contribution in [-0.4, -0.2) is 22.6 Å². The smallest absolute Gasteiger partial charge is 0.227 e. The molecule has 0 saturated carbocycles. The topological polar surface area (TPSA) is 68.0 Å². The molecular weight excluding hydrogens is 254 g/mol. The molecule has 2 aromatic rings. The highest BCUT2D eigenvalue weighted by molar-refractivity contribution is 5.77. The van der Waals surface area contributed by atoms with Crippen LogP contribution in [0.15, 0.2) is 34.9 Å². The zero-order valence-corrected chi connectivity index (χ0v) is 11.8. The van der Waals surface area contributed by atoms with Gasteiger partial charge in [-0.25, -0.2) is 0 Å². The summed E-state index contributed by atoms with van der Waals surface area (Å²) >= 11 is 0. The predicted molar refractivity (Wildman–Crippen MR) is 75.1 cm³/mol. The van der Waals surface area contributed by atoms with Gasteiger partial charge >= 0.3 is 0 Å². The van der Waals surface area contributed by atoms with Crippen LogP contribution in [0.1, 0.15) is 24.2 Å². The molecule has 5 nitrogen and oxygen atoms in total. The summed E-state index contributed by atoms with van der Waals surface area (Å²) in [7, 11) is 0. The maximum atomic E-state index is 11.7. The second kappa shape index (κ2) is 6.84. The molecule has 1 aromatic heterocycles. The summed E-state index contributed by atoms with van der Waals surface area (Å²) in [6, 6.07) is 10.3. The molecule has 0 radical (unpaired) electrons. The van der Waals surface area contributed by atoms with Gasteiger partial charge in [-0.15, -0.1) is 0 Å². The number of carbonyl (C=O) groups is 1. The monoisotopic (exact) mass is 273 g/mol. The van der Waals surface area contributed by atoms with Crippen molar-refractivity contribution >= 4 is 5.91 Å². The van der Waals surface area contributed by atoms with E-state index in [4.69, 9.17) is 4.52 Å². The zero-order valence-electron chi connectivity index (χ0n) is 11.8. The number of aryl methyl sites for hydroxylation is 1. The quantitative estimate of drug-likeness (QED) is 0.873. The maximum absolute atomic E-state index is 11.7. The third kappa shape index (κ3) is 4.50. The van der Waals surface area contributed by atoms with E-state index in [2.05, 4.69) is 34.5 Å². The van der Waals surface area contributed by atoms with Gasteiger partial charge in [0, 0.05) is 13.5 Å². The molecule has 0 aliphatic carbocycles. The Bertz CT molecular complexity index is 551. The first-order chi connectivity index (χ1) is 9.63. The molecule has 0 aliphatic rings. The number of aromatic nitrogens is 2. The van der Waals surface area contributed by atoms with Crippen molar-refractivity contribution in [3.8, 4) is 0 Å². The van der Waals surface area contributed by atoms with Crippen LogP contribution in [0.3, 0.4) is 0 Å². The second-order valence-corrected chi connectivity index (χ2v) is 5.01. The van der Waals surface area contributed by atoms with Crippen LogP contribution in [0.2, 0.25) is 0 Å². The summed E-state index contributed by atoms with van der Waals surface area (Å²) in [6.07, 6.45) is 1.11. The Morgan fingerprint density at radius 1 is 1.35 bits per heavy atom. The highest BCUT2D eigenvalue weighted by Gasteiger charge is 2.10. The fourth-order valence-corrected chi connectivity index (χ4v) is 2.00. The van der Waals surface area contributed by atoms with Crippen LogP contribution < -0.4 is 5.32 Å². The third-order valence-corrected chi connectivity index (χ3v) is 2.96.